The van der Waals surface area contributed by atoms with Gasteiger partial charge in [-0.15, -0.1) is 0 Å². The average Bonchev–Trinajstić information content (AvgIpc) is 2.97. The Labute approximate surface area is 205 Å². The van der Waals surface area contributed by atoms with Crippen molar-refractivity contribution in [2.75, 3.05) is 10.6 Å². The Bertz CT molecular complexity index is 1380. The van der Waals surface area contributed by atoms with Crippen LogP contribution in [0.15, 0.2) is 76.9 Å². The maximum atomic E-state index is 14.7. The van der Waals surface area contributed by atoms with Crippen molar-refractivity contribution in [2.45, 2.75) is 12.5 Å². The van der Waals surface area contributed by atoms with Crippen LogP contribution in [-0.4, -0.2) is 21.6 Å². The van der Waals surface area contributed by atoms with Crippen LogP contribution < -0.4 is 16.4 Å². The van der Waals surface area contributed by atoms with Crippen LogP contribution in [-0.2, 0) is 6.54 Å². The highest BCUT2D eigenvalue weighted by Gasteiger charge is 2.35. The molecular formula is C25H20ClF2N7. The van der Waals surface area contributed by atoms with Gasteiger partial charge in [0.05, 0.1) is 23.5 Å². The topological polar surface area (TPSA) is 112 Å². The SMILES string of the molecule is N=C(N)Nc1ccc(Nc2ncc3c(n2)C2C=CC(Cl)=CC2C(c2c(F)cccc2F)=NC3)cc1. The van der Waals surface area contributed by atoms with Crippen molar-refractivity contribution in [1.82, 2.24) is 9.97 Å². The standard InChI is InChI=1S/C25H20ClF2N7/c26-14-4-9-17-18(10-14)23(21-19(27)2-1-3-20(21)28)31-11-13-12-32-25(35-22(13)17)34-16-7-5-15(6-8-16)33-24(29)30/h1-10,12,17-18H,11H2,(H4,29,30,33)(H,32,34,35). The molecule has 10 heteroatoms. The van der Waals surface area contributed by atoms with E-state index in [1.807, 2.05) is 6.08 Å². The molecule has 0 saturated heterocycles. The number of nitrogens with zero attached hydrogens (tertiary/aromatic N) is 3. The van der Waals surface area contributed by atoms with E-state index in [0.717, 1.165) is 11.3 Å². The van der Waals surface area contributed by atoms with Crippen molar-refractivity contribution in [3.63, 3.8) is 0 Å². The van der Waals surface area contributed by atoms with E-state index in [0.29, 0.717) is 22.4 Å². The molecule has 2 unspecified atom stereocenters. The molecule has 0 amide bonds. The van der Waals surface area contributed by atoms with Gasteiger partial charge in [-0.05, 0) is 42.5 Å². The van der Waals surface area contributed by atoms with E-state index >= 15 is 0 Å². The van der Waals surface area contributed by atoms with Crippen molar-refractivity contribution < 1.29 is 8.78 Å². The van der Waals surface area contributed by atoms with Gasteiger partial charge >= 0.3 is 0 Å². The van der Waals surface area contributed by atoms with Crippen molar-refractivity contribution >= 4 is 40.6 Å². The molecule has 7 nitrogen and oxygen atoms in total. The predicted octanol–water partition coefficient (Wildman–Crippen LogP) is 5.20. The molecule has 35 heavy (non-hydrogen) atoms. The fraction of sp³-hybridized carbons (Fsp3) is 0.120. The lowest BCUT2D eigenvalue weighted by Gasteiger charge is -2.26. The van der Waals surface area contributed by atoms with Gasteiger partial charge in [0.1, 0.15) is 11.6 Å². The first-order valence-electron chi connectivity index (χ1n) is 10.8. The lowest BCUT2D eigenvalue weighted by Crippen LogP contribution is -2.24. The number of anilines is 3. The number of rotatable bonds is 4. The first-order chi connectivity index (χ1) is 16.9. The summed E-state index contributed by atoms with van der Waals surface area (Å²) in [6.07, 6.45) is 7.06. The summed E-state index contributed by atoms with van der Waals surface area (Å²) in [5, 5.41) is 13.7. The largest absolute Gasteiger partial charge is 0.370 e. The van der Waals surface area contributed by atoms with Crippen LogP contribution in [0.3, 0.4) is 0 Å². The third kappa shape index (κ3) is 4.63. The molecular weight excluding hydrogens is 472 g/mol. The molecule has 176 valence electrons. The smallest absolute Gasteiger partial charge is 0.227 e. The number of guanidine groups is 1. The van der Waals surface area contributed by atoms with E-state index in [-0.39, 0.29) is 29.7 Å². The van der Waals surface area contributed by atoms with Crippen LogP contribution >= 0.6 is 11.6 Å². The zero-order chi connectivity index (χ0) is 24.5. The second kappa shape index (κ2) is 9.27. The minimum absolute atomic E-state index is 0.152. The second-order valence-corrected chi connectivity index (χ2v) is 8.54. The van der Waals surface area contributed by atoms with Gasteiger partial charge in [-0.1, -0.05) is 29.8 Å². The van der Waals surface area contributed by atoms with Gasteiger partial charge in [-0.2, -0.15) is 0 Å². The number of allylic oxidation sites excluding steroid dienone is 4. The minimum atomic E-state index is -0.677. The molecule has 0 spiro atoms. The van der Waals surface area contributed by atoms with E-state index < -0.39 is 17.6 Å². The van der Waals surface area contributed by atoms with Gasteiger partial charge in [0.15, 0.2) is 5.96 Å². The highest BCUT2D eigenvalue weighted by Crippen LogP contribution is 2.39. The van der Waals surface area contributed by atoms with Gasteiger partial charge in [0, 0.05) is 40.0 Å². The maximum absolute atomic E-state index is 14.7. The first kappa shape index (κ1) is 22.7. The molecule has 1 aromatic heterocycles. The molecule has 0 radical (unpaired) electrons. The van der Waals surface area contributed by atoms with E-state index in [2.05, 4.69) is 20.6 Å². The Morgan fingerprint density at radius 3 is 2.49 bits per heavy atom. The summed E-state index contributed by atoms with van der Waals surface area (Å²) in [7, 11) is 0. The number of nitrogens with two attached hydrogens (primary N) is 1. The number of benzene rings is 2. The third-order valence-corrected chi connectivity index (χ3v) is 6.03. The van der Waals surface area contributed by atoms with E-state index in [9.17, 15) is 8.78 Å². The summed E-state index contributed by atoms with van der Waals surface area (Å²) < 4.78 is 29.4. The van der Waals surface area contributed by atoms with Crippen molar-refractivity contribution in [3.05, 3.63) is 100 Å². The molecule has 3 aromatic rings. The summed E-state index contributed by atoms with van der Waals surface area (Å²) in [6.45, 7) is 0.177. The third-order valence-electron chi connectivity index (χ3n) is 5.78. The zero-order valence-electron chi connectivity index (χ0n) is 18.3. The molecule has 5 rings (SSSR count). The van der Waals surface area contributed by atoms with Gasteiger partial charge in [0.25, 0.3) is 0 Å². The molecule has 2 aromatic carbocycles. The minimum Gasteiger partial charge on any atom is -0.370 e. The Balaban J connectivity index is 1.49. The second-order valence-electron chi connectivity index (χ2n) is 8.11. The fourth-order valence-corrected chi connectivity index (χ4v) is 4.44. The molecule has 2 atom stereocenters. The number of nitrogens with one attached hydrogen (secondary N) is 3. The van der Waals surface area contributed by atoms with Gasteiger partial charge in [0.2, 0.25) is 5.95 Å². The zero-order valence-corrected chi connectivity index (χ0v) is 19.0. The summed E-state index contributed by atoms with van der Waals surface area (Å²) in [5.41, 5.74) is 8.36. The Morgan fingerprint density at radius 1 is 1.06 bits per heavy atom. The van der Waals surface area contributed by atoms with Crippen LogP contribution in [0.2, 0.25) is 0 Å². The molecule has 2 aliphatic rings. The number of fused-ring (bicyclic) bond motifs is 3. The molecule has 0 saturated carbocycles. The molecule has 2 heterocycles. The normalized spacial score (nSPS) is 18.5. The monoisotopic (exact) mass is 491 g/mol. The quantitative estimate of drug-likeness (QED) is 0.296. The maximum Gasteiger partial charge on any atom is 0.227 e. The fourth-order valence-electron chi connectivity index (χ4n) is 4.23. The lowest BCUT2D eigenvalue weighted by molar-refractivity contribution is 0.574. The van der Waals surface area contributed by atoms with Crippen molar-refractivity contribution in [1.29, 1.82) is 5.41 Å². The lowest BCUT2D eigenvalue weighted by atomic mass is 9.79. The van der Waals surface area contributed by atoms with E-state index in [4.69, 9.17) is 27.7 Å². The number of hydrogen-bond donors (Lipinski definition) is 4. The highest BCUT2D eigenvalue weighted by atomic mass is 35.5. The summed E-state index contributed by atoms with van der Waals surface area (Å²) >= 11 is 6.29. The highest BCUT2D eigenvalue weighted by molar-refractivity contribution is 6.31. The number of halogens is 3. The van der Waals surface area contributed by atoms with Crippen LogP contribution in [0.5, 0.6) is 0 Å². The van der Waals surface area contributed by atoms with Gasteiger partial charge in [-0.25, -0.2) is 18.7 Å². The Morgan fingerprint density at radius 2 is 1.77 bits per heavy atom. The van der Waals surface area contributed by atoms with Gasteiger partial charge in [-0.3, -0.25) is 10.4 Å². The van der Waals surface area contributed by atoms with Crippen LogP contribution in [0, 0.1) is 23.0 Å². The molecule has 1 aliphatic heterocycles. The number of aromatic nitrogens is 2. The van der Waals surface area contributed by atoms with E-state index in [1.165, 1.54) is 18.2 Å². The number of aliphatic imine (C=N–C) groups is 1. The van der Waals surface area contributed by atoms with Crippen LogP contribution in [0.4, 0.5) is 26.1 Å². The molecule has 0 bridgehead atoms. The summed E-state index contributed by atoms with van der Waals surface area (Å²) in [5.74, 6) is -1.98. The Hall–Kier alpha value is -4.11. The van der Waals surface area contributed by atoms with Crippen LogP contribution in [0.25, 0.3) is 0 Å². The van der Waals surface area contributed by atoms with Crippen LogP contribution in [0.1, 0.15) is 22.7 Å². The van der Waals surface area contributed by atoms with E-state index in [1.54, 1.807) is 42.6 Å². The summed E-state index contributed by atoms with van der Waals surface area (Å²) in [6, 6.07) is 10.9. The Kier molecular flexibility index (Phi) is 6.00. The molecule has 5 N–H and O–H groups in total. The first-order valence-corrected chi connectivity index (χ1v) is 11.1. The summed E-state index contributed by atoms with van der Waals surface area (Å²) in [4.78, 5) is 13.7. The van der Waals surface area contributed by atoms with Crippen molar-refractivity contribution in [3.8, 4) is 0 Å². The molecule has 1 aliphatic carbocycles. The van der Waals surface area contributed by atoms with Gasteiger partial charge < -0.3 is 16.4 Å². The number of hydrogen-bond acceptors (Lipinski definition) is 5. The molecule has 0 fully saturated rings. The van der Waals surface area contributed by atoms with Crippen molar-refractivity contribution in [2.24, 2.45) is 16.6 Å². The average molecular weight is 492 g/mol. The predicted molar refractivity (Wildman–Crippen MR) is 133 cm³/mol.